The minimum Gasteiger partial charge on any atom is -0.354 e. The molecule has 1 fully saturated rings. The Morgan fingerprint density at radius 1 is 1.40 bits per heavy atom. The highest BCUT2D eigenvalue weighted by Crippen LogP contribution is 2.40. The molecule has 1 N–H and O–H groups in total. The molecule has 30 heavy (non-hydrogen) atoms. The van der Waals surface area contributed by atoms with E-state index in [9.17, 15) is 13.2 Å². The number of carbonyl (C=O) groups excluding carboxylic acids is 1. The molecule has 0 unspecified atom stereocenters. The van der Waals surface area contributed by atoms with Gasteiger partial charge in [-0.15, -0.1) is 11.3 Å². The Morgan fingerprint density at radius 3 is 2.93 bits per heavy atom. The fourth-order valence-electron chi connectivity index (χ4n) is 4.06. The monoisotopic (exact) mass is 447 g/mol. The van der Waals surface area contributed by atoms with Crippen LogP contribution in [0, 0.1) is 6.92 Å². The van der Waals surface area contributed by atoms with E-state index in [4.69, 9.17) is 0 Å². The molecule has 1 saturated heterocycles. The van der Waals surface area contributed by atoms with Gasteiger partial charge in [-0.1, -0.05) is 13.0 Å². The molecule has 0 saturated carbocycles. The third-order valence-corrected chi connectivity index (χ3v) is 8.57. The maximum Gasteiger partial charge on any atom is 0.261 e. The third-order valence-electron chi connectivity index (χ3n) is 5.47. The summed E-state index contributed by atoms with van der Waals surface area (Å²) < 4.78 is 29.8. The summed E-state index contributed by atoms with van der Waals surface area (Å²) in [5.41, 5.74) is 1.42. The number of rotatable bonds is 6. The number of fused-ring (bicyclic) bond motifs is 1. The van der Waals surface area contributed by atoms with Crippen LogP contribution in [0.15, 0.2) is 29.4 Å². The number of pyridine rings is 1. The van der Waals surface area contributed by atoms with Gasteiger partial charge in [0.05, 0.1) is 10.6 Å². The molecule has 0 aliphatic carbocycles. The molecular weight excluding hydrogens is 422 g/mol. The molecule has 3 aromatic rings. The van der Waals surface area contributed by atoms with Crippen LogP contribution >= 0.6 is 11.3 Å². The second kappa shape index (κ2) is 8.09. The van der Waals surface area contributed by atoms with Crippen molar-refractivity contribution in [2.24, 2.45) is 0 Å². The van der Waals surface area contributed by atoms with Crippen molar-refractivity contribution in [1.29, 1.82) is 0 Å². The molecule has 4 heterocycles. The molecule has 0 spiro atoms. The molecule has 1 atom stereocenters. The number of aryl methyl sites for hydroxylation is 2. The Kier molecular flexibility index (Phi) is 5.65. The number of amides is 1. The molecule has 1 aliphatic rings. The molecule has 10 heteroatoms. The average Bonchev–Trinajstić information content (AvgIpc) is 3.44. The van der Waals surface area contributed by atoms with E-state index in [-0.39, 0.29) is 16.7 Å². The van der Waals surface area contributed by atoms with Crippen molar-refractivity contribution in [2.75, 3.05) is 20.1 Å². The smallest absolute Gasteiger partial charge is 0.261 e. The van der Waals surface area contributed by atoms with Gasteiger partial charge >= 0.3 is 0 Å². The number of nitrogens with zero attached hydrogens (tertiary/aromatic N) is 4. The van der Waals surface area contributed by atoms with Crippen molar-refractivity contribution < 1.29 is 13.2 Å². The Morgan fingerprint density at radius 2 is 2.20 bits per heavy atom. The fraction of sp³-hybridized carbons (Fsp3) is 0.450. The Hall–Kier alpha value is -2.30. The topological polar surface area (TPSA) is 97.2 Å². The first kappa shape index (κ1) is 21.0. The molecule has 1 amide bonds. The van der Waals surface area contributed by atoms with Crippen LogP contribution in [0.4, 0.5) is 0 Å². The molecule has 8 nitrogen and oxygen atoms in total. The first-order chi connectivity index (χ1) is 14.4. The summed E-state index contributed by atoms with van der Waals surface area (Å²) in [6.45, 7) is 5.19. The number of carbonyl (C=O) groups is 1. The van der Waals surface area contributed by atoms with Gasteiger partial charge in [0.1, 0.15) is 9.73 Å². The summed E-state index contributed by atoms with van der Waals surface area (Å²) in [5.74, 6) is -0.220. The number of sulfonamides is 1. The van der Waals surface area contributed by atoms with Crippen LogP contribution in [0.3, 0.4) is 0 Å². The Balaban J connectivity index is 1.68. The Labute approximate surface area is 180 Å². The molecule has 1 aliphatic heterocycles. The van der Waals surface area contributed by atoms with Crippen LogP contribution in [0.25, 0.3) is 10.2 Å². The molecule has 4 rings (SSSR count). The van der Waals surface area contributed by atoms with Crippen molar-refractivity contribution in [3.8, 4) is 0 Å². The third kappa shape index (κ3) is 3.52. The van der Waals surface area contributed by atoms with Crippen LogP contribution in [0.1, 0.15) is 46.6 Å². The quantitative estimate of drug-likeness (QED) is 0.627. The van der Waals surface area contributed by atoms with Gasteiger partial charge in [0, 0.05) is 50.4 Å². The van der Waals surface area contributed by atoms with Gasteiger partial charge in [-0.05, 0) is 31.4 Å². The minimum atomic E-state index is -3.65. The van der Waals surface area contributed by atoms with Gasteiger partial charge in [0.2, 0.25) is 10.0 Å². The maximum absolute atomic E-state index is 13.3. The maximum atomic E-state index is 13.3. The number of nitrogens with one attached hydrogen (secondary N) is 1. The highest BCUT2D eigenvalue weighted by Gasteiger charge is 2.37. The summed E-state index contributed by atoms with van der Waals surface area (Å²) in [4.78, 5) is 18.6. The molecule has 0 aromatic carbocycles. The van der Waals surface area contributed by atoms with Gasteiger partial charge in [-0.25, -0.2) is 13.4 Å². The number of thiophene rings is 1. The zero-order valence-electron chi connectivity index (χ0n) is 17.3. The predicted octanol–water partition coefficient (Wildman–Crippen LogP) is 2.75. The minimum absolute atomic E-state index is 0.0592. The zero-order valence-corrected chi connectivity index (χ0v) is 18.9. The molecule has 0 radical (unpaired) electrons. The van der Waals surface area contributed by atoms with Crippen LogP contribution in [-0.4, -0.2) is 53.5 Å². The lowest BCUT2D eigenvalue weighted by atomic mass is 9.95. The second-order valence-corrected chi connectivity index (χ2v) is 10.4. The second-order valence-electron chi connectivity index (χ2n) is 7.47. The van der Waals surface area contributed by atoms with E-state index >= 15 is 0 Å². The molecule has 160 valence electrons. The van der Waals surface area contributed by atoms with Gasteiger partial charge in [0.15, 0.2) is 0 Å². The number of aromatic nitrogens is 3. The lowest BCUT2D eigenvalue weighted by Gasteiger charge is -2.16. The van der Waals surface area contributed by atoms with E-state index in [2.05, 4.69) is 15.4 Å². The average molecular weight is 448 g/mol. The van der Waals surface area contributed by atoms with Crippen molar-refractivity contribution in [3.63, 3.8) is 0 Å². The predicted molar refractivity (Wildman–Crippen MR) is 116 cm³/mol. The lowest BCUT2D eigenvalue weighted by Crippen LogP contribution is -2.29. The van der Waals surface area contributed by atoms with Crippen molar-refractivity contribution in [2.45, 2.75) is 44.0 Å². The van der Waals surface area contributed by atoms with E-state index in [1.165, 1.54) is 15.6 Å². The Bertz CT molecular complexity index is 1200. The molecule has 0 bridgehead atoms. The largest absolute Gasteiger partial charge is 0.354 e. The fourth-order valence-corrected chi connectivity index (χ4v) is 6.90. The van der Waals surface area contributed by atoms with Gasteiger partial charge < -0.3 is 5.32 Å². The zero-order chi connectivity index (χ0) is 21.5. The summed E-state index contributed by atoms with van der Waals surface area (Å²) in [7, 11) is -2.04. The highest BCUT2D eigenvalue weighted by molar-refractivity contribution is 7.89. The SMILES string of the molecule is CCCn1cc(S(=O)(=O)N2CC[C@@H](c3c(C(=O)NC)sc4ncccc34)C2)c(C)n1. The number of hydrogen-bond acceptors (Lipinski definition) is 6. The first-order valence-electron chi connectivity index (χ1n) is 10.0. The van der Waals surface area contributed by atoms with Crippen molar-refractivity contribution in [3.05, 3.63) is 40.7 Å². The molecule has 3 aromatic heterocycles. The van der Waals surface area contributed by atoms with E-state index in [0.717, 1.165) is 22.2 Å². The van der Waals surface area contributed by atoms with Gasteiger partial charge in [0.25, 0.3) is 5.91 Å². The lowest BCUT2D eigenvalue weighted by molar-refractivity contribution is 0.0966. The van der Waals surface area contributed by atoms with E-state index < -0.39 is 10.0 Å². The highest BCUT2D eigenvalue weighted by atomic mass is 32.2. The summed E-state index contributed by atoms with van der Waals surface area (Å²) in [5, 5.41) is 7.97. The first-order valence-corrected chi connectivity index (χ1v) is 12.3. The van der Waals surface area contributed by atoms with Crippen molar-refractivity contribution in [1.82, 2.24) is 24.4 Å². The normalized spacial score (nSPS) is 17.6. The van der Waals surface area contributed by atoms with Crippen LogP contribution in [0.2, 0.25) is 0 Å². The van der Waals surface area contributed by atoms with E-state index in [1.807, 2.05) is 19.1 Å². The van der Waals surface area contributed by atoms with Crippen LogP contribution in [0.5, 0.6) is 0 Å². The van der Waals surface area contributed by atoms with Crippen LogP contribution in [-0.2, 0) is 16.6 Å². The summed E-state index contributed by atoms with van der Waals surface area (Å²) in [6, 6.07) is 3.80. The van der Waals surface area contributed by atoms with Crippen molar-refractivity contribution >= 4 is 37.5 Å². The standard InChI is InChI=1S/C20H25N5O3S2/c1-4-9-24-12-16(13(2)23-24)30(27,28)25-10-7-14(11-25)17-15-6-5-8-22-20(15)29-18(17)19(26)21-3/h5-6,8,12,14H,4,7,9-11H2,1-3H3,(H,21,26)/t14-/m1/s1. The van der Waals surface area contributed by atoms with Gasteiger partial charge in [-0.3, -0.25) is 9.48 Å². The van der Waals surface area contributed by atoms with Gasteiger partial charge in [-0.2, -0.15) is 9.40 Å². The number of hydrogen-bond donors (Lipinski definition) is 1. The van der Waals surface area contributed by atoms with E-state index in [0.29, 0.717) is 36.6 Å². The molecular formula is C20H25N5O3S2. The van der Waals surface area contributed by atoms with E-state index in [1.54, 1.807) is 31.0 Å². The van der Waals surface area contributed by atoms with Crippen LogP contribution < -0.4 is 5.32 Å². The summed E-state index contributed by atoms with van der Waals surface area (Å²) in [6.07, 6.45) is 4.87. The summed E-state index contributed by atoms with van der Waals surface area (Å²) >= 11 is 1.36.